The molecule has 1 rings (SSSR count). The van der Waals surface area contributed by atoms with Crippen molar-refractivity contribution in [1.82, 2.24) is 9.88 Å². The number of hydrogen-bond donors (Lipinski definition) is 2. The summed E-state index contributed by atoms with van der Waals surface area (Å²) in [4.78, 5) is 6.52. The second-order valence-electron chi connectivity index (χ2n) is 4.46. The third-order valence-electron chi connectivity index (χ3n) is 2.56. The number of aliphatic hydroxyl groups is 1. The van der Waals surface area contributed by atoms with Gasteiger partial charge in [-0.2, -0.15) is 0 Å². The van der Waals surface area contributed by atoms with E-state index in [1.807, 2.05) is 19.2 Å². The van der Waals surface area contributed by atoms with Crippen molar-refractivity contribution >= 4 is 5.82 Å². The lowest BCUT2D eigenvalue weighted by atomic mass is 10.2. The molecule has 0 radical (unpaired) electrons. The van der Waals surface area contributed by atoms with Crippen molar-refractivity contribution in [2.24, 2.45) is 0 Å². The first-order valence-electron chi connectivity index (χ1n) is 6.17. The number of nitrogens with zero attached hydrogens (tertiary/aromatic N) is 2. The molecule has 0 saturated carbocycles. The molecule has 96 valence electrons. The molecule has 1 unspecified atom stereocenters. The summed E-state index contributed by atoms with van der Waals surface area (Å²) < 4.78 is 0. The van der Waals surface area contributed by atoms with Gasteiger partial charge in [-0.05, 0) is 38.9 Å². The Kier molecular flexibility index (Phi) is 5.94. The van der Waals surface area contributed by atoms with Gasteiger partial charge in [0.15, 0.2) is 0 Å². The fourth-order valence-electron chi connectivity index (χ4n) is 1.60. The Morgan fingerprint density at radius 3 is 2.76 bits per heavy atom. The molecule has 1 aromatic heterocycles. The van der Waals surface area contributed by atoms with Crippen LogP contribution in [0.4, 0.5) is 5.82 Å². The lowest BCUT2D eigenvalue weighted by Crippen LogP contribution is -2.22. The summed E-state index contributed by atoms with van der Waals surface area (Å²) in [6.07, 6.45) is 2.47. The van der Waals surface area contributed by atoms with E-state index in [2.05, 4.69) is 35.2 Å². The van der Waals surface area contributed by atoms with Crippen LogP contribution in [0.5, 0.6) is 0 Å². The van der Waals surface area contributed by atoms with Crippen molar-refractivity contribution in [3.63, 3.8) is 0 Å². The second-order valence-corrected chi connectivity index (χ2v) is 4.46. The molecule has 0 aliphatic heterocycles. The maximum atomic E-state index is 9.22. The maximum Gasteiger partial charge on any atom is 0.125 e. The van der Waals surface area contributed by atoms with Gasteiger partial charge >= 0.3 is 0 Å². The molecule has 0 aliphatic rings. The monoisotopic (exact) mass is 237 g/mol. The Morgan fingerprint density at radius 2 is 2.24 bits per heavy atom. The van der Waals surface area contributed by atoms with Crippen molar-refractivity contribution in [3.05, 3.63) is 23.9 Å². The molecule has 2 N–H and O–H groups in total. The van der Waals surface area contributed by atoms with Crippen molar-refractivity contribution in [2.45, 2.75) is 32.9 Å². The molecule has 1 atom stereocenters. The van der Waals surface area contributed by atoms with E-state index in [1.54, 1.807) is 0 Å². The van der Waals surface area contributed by atoms with Crippen LogP contribution in [0.3, 0.4) is 0 Å². The fraction of sp³-hybridized carbons (Fsp3) is 0.615. The molecule has 1 heterocycles. The van der Waals surface area contributed by atoms with Crippen LogP contribution in [-0.2, 0) is 6.54 Å². The molecular formula is C13H23N3O. The van der Waals surface area contributed by atoms with Crippen molar-refractivity contribution in [1.29, 1.82) is 0 Å². The number of anilines is 1. The third-order valence-corrected chi connectivity index (χ3v) is 2.56. The van der Waals surface area contributed by atoms with Crippen LogP contribution < -0.4 is 5.32 Å². The number of aliphatic hydroxyl groups excluding tert-OH is 1. The number of rotatable bonds is 7. The minimum atomic E-state index is -0.230. The molecule has 4 heteroatoms. The van der Waals surface area contributed by atoms with Crippen molar-refractivity contribution < 1.29 is 5.11 Å². The molecular weight excluding hydrogens is 214 g/mol. The minimum Gasteiger partial charge on any atom is -0.393 e. The number of aromatic nitrogens is 1. The molecule has 0 saturated heterocycles. The third kappa shape index (κ3) is 5.65. The van der Waals surface area contributed by atoms with E-state index in [1.165, 1.54) is 5.56 Å². The van der Waals surface area contributed by atoms with E-state index in [9.17, 15) is 5.11 Å². The highest BCUT2D eigenvalue weighted by Crippen LogP contribution is 2.07. The average Bonchev–Trinajstić information content (AvgIpc) is 2.29. The van der Waals surface area contributed by atoms with Gasteiger partial charge in [0.25, 0.3) is 0 Å². The number of pyridine rings is 1. The van der Waals surface area contributed by atoms with Crippen molar-refractivity contribution in [3.8, 4) is 0 Å². The van der Waals surface area contributed by atoms with E-state index >= 15 is 0 Å². The zero-order chi connectivity index (χ0) is 12.7. The molecule has 0 spiro atoms. The molecule has 0 amide bonds. The first-order valence-corrected chi connectivity index (χ1v) is 6.17. The van der Waals surface area contributed by atoms with Gasteiger partial charge in [0.05, 0.1) is 6.10 Å². The van der Waals surface area contributed by atoms with E-state index in [4.69, 9.17) is 0 Å². The average molecular weight is 237 g/mol. The Morgan fingerprint density at radius 1 is 1.47 bits per heavy atom. The largest absolute Gasteiger partial charge is 0.393 e. The normalized spacial score (nSPS) is 12.8. The van der Waals surface area contributed by atoms with Crippen LogP contribution in [-0.4, -0.2) is 41.2 Å². The Labute approximate surface area is 104 Å². The van der Waals surface area contributed by atoms with E-state index in [0.717, 1.165) is 31.9 Å². The first kappa shape index (κ1) is 13.9. The van der Waals surface area contributed by atoms with Gasteiger partial charge in [-0.25, -0.2) is 4.98 Å². The zero-order valence-electron chi connectivity index (χ0n) is 11.0. The summed E-state index contributed by atoms with van der Waals surface area (Å²) in [5.41, 5.74) is 1.19. The number of hydrogen-bond acceptors (Lipinski definition) is 4. The predicted molar refractivity (Wildman–Crippen MR) is 71.0 cm³/mol. The van der Waals surface area contributed by atoms with E-state index < -0.39 is 0 Å². The Balaban J connectivity index is 2.40. The van der Waals surface area contributed by atoms with Crippen LogP contribution in [0.15, 0.2) is 18.3 Å². The van der Waals surface area contributed by atoms with Gasteiger partial charge < -0.3 is 15.3 Å². The standard InChI is InChI=1S/C13H23N3O/c1-4-14-13-6-5-12(9-15-13)10-16(3)8-7-11(2)17/h5-6,9,11,17H,4,7-8,10H2,1-3H3,(H,14,15). The lowest BCUT2D eigenvalue weighted by Gasteiger charge is -2.17. The fourth-order valence-corrected chi connectivity index (χ4v) is 1.60. The highest BCUT2D eigenvalue weighted by molar-refractivity contribution is 5.35. The topological polar surface area (TPSA) is 48.4 Å². The van der Waals surface area contributed by atoms with E-state index in [-0.39, 0.29) is 6.10 Å². The smallest absolute Gasteiger partial charge is 0.125 e. The summed E-state index contributed by atoms with van der Waals surface area (Å²) in [7, 11) is 2.06. The summed E-state index contributed by atoms with van der Waals surface area (Å²) in [5.74, 6) is 0.919. The van der Waals surface area contributed by atoms with Crippen LogP contribution in [0.2, 0.25) is 0 Å². The summed E-state index contributed by atoms with van der Waals surface area (Å²) >= 11 is 0. The molecule has 1 aromatic rings. The second kappa shape index (κ2) is 7.25. The van der Waals surface area contributed by atoms with Crippen LogP contribution in [0.25, 0.3) is 0 Å². The van der Waals surface area contributed by atoms with E-state index in [0.29, 0.717) is 0 Å². The van der Waals surface area contributed by atoms with Crippen LogP contribution >= 0.6 is 0 Å². The SMILES string of the molecule is CCNc1ccc(CN(C)CCC(C)O)cn1. The van der Waals surface area contributed by atoms with Gasteiger partial charge in [-0.1, -0.05) is 6.07 Å². The summed E-state index contributed by atoms with van der Waals surface area (Å²) in [6.45, 7) is 6.53. The summed E-state index contributed by atoms with van der Waals surface area (Å²) in [5, 5.41) is 12.4. The highest BCUT2D eigenvalue weighted by Gasteiger charge is 2.03. The molecule has 0 aromatic carbocycles. The van der Waals surface area contributed by atoms with Gasteiger partial charge in [0.1, 0.15) is 5.82 Å². The van der Waals surface area contributed by atoms with Gasteiger partial charge in [-0.3, -0.25) is 0 Å². The zero-order valence-corrected chi connectivity index (χ0v) is 11.0. The molecule has 0 bridgehead atoms. The number of nitrogens with one attached hydrogen (secondary N) is 1. The van der Waals surface area contributed by atoms with Gasteiger partial charge in [0, 0.05) is 25.8 Å². The molecule has 0 aliphatic carbocycles. The lowest BCUT2D eigenvalue weighted by molar-refractivity contribution is 0.163. The predicted octanol–water partition coefficient (Wildman–Crippen LogP) is 1.72. The quantitative estimate of drug-likeness (QED) is 0.758. The van der Waals surface area contributed by atoms with Crippen LogP contribution in [0.1, 0.15) is 25.8 Å². The summed E-state index contributed by atoms with van der Waals surface area (Å²) in [6, 6.07) is 4.09. The Hall–Kier alpha value is -1.13. The van der Waals surface area contributed by atoms with Gasteiger partial charge in [0.2, 0.25) is 0 Å². The minimum absolute atomic E-state index is 0.230. The van der Waals surface area contributed by atoms with Gasteiger partial charge in [-0.15, -0.1) is 0 Å². The maximum absolute atomic E-state index is 9.22. The first-order chi connectivity index (χ1) is 8.11. The Bertz CT molecular complexity index is 311. The van der Waals surface area contributed by atoms with Crippen molar-refractivity contribution in [2.75, 3.05) is 25.5 Å². The highest BCUT2D eigenvalue weighted by atomic mass is 16.3. The van der Waals surface area contributed by atoms with Crippen LogP contribution in [0, 0.1) is 0 Å². The molecule has 4 nitrogen and oxygen atoms in total. The molecule has 0 fully saturated rings. The molecule has 17 heavy (non-hydrogen) atoms.